The van der Waals surface area contributed by atoms with Crippen molar-refractivity contribution < 1.29 is 4.39 Å². The van der Waals surface area contributed by atoms with Crippen LogP contribution in [0, 0.1) is 11.7 Å². The molecule has 1 saturated heterocycles. The molecule has 19 heavy (non-hydrogen) atoms. The maximum atomic E-state index is 14.2. The van der Waals surface area contributed by atoms with Gasteiger partial charge in [0, 0.05) is 22.1 Å². The van der Waals surface area contributed by atoms with Crippen molar-refractivity contribution in [3.05, 3.63) is 34.1 Å². The normalized spacial score (nSPS) is 27.9. The van der Waals surface area contributed by atoms with Gasteiger partial charge < -0.3 is 5.32 Å². The molecule has 2 nitrogen and oxygen atoms in total. The van der Waals surface area contributed by atoms with E-state index in [2.05, 4.69) is 26.1 Å². The lowest BCUT2D eigenvalue weighted by Crippen LogP contribution is -2.31. The first-order valence-corrected chi connectivity index (χ1v) is 7.85. The maximum Gasteiger partial charge on any atom is 0.128 e. The molecule has 1 aliphatic heterocycles. The van der Waals surface area contributed by atoms with E-state index in [0.29, 0.717) is 12.0 Å². The molecular weight excluding hydrogens is 307 g/mol. The zero-order valence-electron chi connectivity index (χ0n) is 11.2. The SMILES string of the molecule is CNCC1CCN(C2CC2)C1c1cc(Br)ccc1F. The molecular formula is C15H20BrFN2. The Labute approximate surface area is 122 Å². The van der Waals surface area contributed by atoms with Gasteiger partial charge in [-0.1, -0.05) is 15.9 Å². The Morgan fingerprint density at radius 3 is 2.84 bits per heavy atom. The fourth-order valence-electron chi connectivity index (χ4n) is 3.35. The molecule has 2 aliphatic rings. The maximum absolute atomic E-state index is 14.2. The number of hydrogen-bond donors (Lipinski definition) is 1. The molecule has 0 bridgehead atoms. The Balaban J connectivity index is 1.93. The Kier molecular flexibility index (Phi) is 3.92. The van der Waals surface area contributed by atoms with E-state index in [9.17, 15) is 4.39 Å². The van der Waals surface area contributed by atoms with Gasteiger partial charge in [-0.05, 0) is 63.5 Å². The van der Waals surface area contributed by atoms with Gasteiger partial charge in [-0.15, -0.1) is 0 Å². The van der Waals surface area contributed by atoms with Crippen molar-refractivity contribution in [2.75, 3.05) is 20.1 Å². The van der Waals surface area contributed by atoms with Crippen LogP contribution in [0.1, 0.15) is 30.9 Å². The van der Waals surface area contributed by atoms with E-state index in [0.717, 1.165) is 29.5 Å². The first kappa shape index (κ1) is 13.5. The summed E-state index contributed by atoms with van der Waals surface area (Å²) in [4.78, 5) is 2.52. The largest absolute Gasteiger partial charge is 0.319 e. The number of nitrogens with zero attached hydrogens (tertiary/aromatic N) is 1. The molecule has 1 N–H and O–H groups in total. The number of nitrogens with one attached hydrogen (secondary N) is 1. The van der Waals surface area contributed by atoms with Crippen molar-refractivity contribution in [1.29, 1.82) is 0 Å². The van der Waals surface area contributed by atoms with Crippen molar-refractivity contribution in [1.82, 2.24) is 10.2 Å². The van der Waals surface area contributed by atoms with Gasteiger partial charge in [-0.3, -0.25) is 4.90 Å². The third-order valence-corrected chi connectivity index (χ3v) is 4.81. The number of halogens is 2. The summed E-state index contributed by atoms with van der Waals surface area (Å²) < 4.78 is 15.2. The molecule has 1 aliphatic carbocycles. The van der Waals surface area contributed by atoms with Crippen LogP contribution in [0.2, 0.25) is 0 Å². The smallest absolute Gasteiger partial charge is 0.128 e. The van der Waals surface area contributed by atoms with E-state index < -0.39 is 0 Å². The van der Waals surface area contributed by atoms with Crippen LogP contribution >= 0.6 is 15.9 Å². The molecule has 1 aromatic carbocycles. The van der Waals surface area contributed by atoms with Crippen LogP contribution in [-0.4, -0.2) is 31.1 Å². The van der Waals surface area contributed by atoms with Gasteiger partial charge in [-0.25, -0.2) is 4.39 Å². The second kappa shape index (κ2) is 5.51. The summed E-state index contributed by atoms with van der Waals surface area (Å²) in [7, 11) is 1.98. The summed E-state index contributed by atoms with van der Waals surface area (Å²) in [6, 6.07) is 6.24. The highest BCUT2D eigenvalue weighted by Gasteiger charge is 2.43. The van der Waals surface area contributed by atoms with Crippen molar-refractivity contribution >= 4 is 15.9 Å². The van der Waals surface area contributed by atoms with Gasteiger partial charge in [0.15, 0.2) is 0 Å². The molecule has 0 radical (unpaired) electrons. The minimum atomic E-state index is -0.0677. The number of likely N-dealkylation sites (tertiary alicyclic amines) is 1. The summed E-state index contributed by atoms with van der Waals surface area (Å²) in [5.41, 5.74) is 0.860. The Morgan fingerprint density at radius 1 is 1.37 bits per heavy atom. The van der Waals surface area contributed by atoms with Crippen molar-refractivity contribution in [3.63, 3.8) is 0 Å². The molecule has 3 rings (SSSR count). The molecule has 0 amide bonds. The minimum Gasteiger partial charge on any atom is -0.319 e. The summed E-state index contributed by atoms with van der Waals surface area (Å²) in [6.07, 6.45) is 3.71. The predicted molar refractivity (Wildman–Crippen MR) is 78.6 cm³/mol. The Bertz CT molecular complexity index is 461. The van der Waals surface area contributed by atoms with Gasteiger partial charge in [-0.2, -0.15) is 0 Å². The van der Waals surface area contributed by atoms with E-state index in [1.54, 1.807) is 12.1 Å². The molecule has 1 saturated carbocycles. The average molecular weight is 327 g/mol. The quantitative estimate of drug-likeness (QED) is 0.913. The second-order valence-corrected chi connectivity index (χ2v) is 6.60. The Hall–Kier alpha value is -0.450. The summed E-state index contributed by atoms with van der Waals surface area (Å²) in [5.74, 6) is 0.441. The van der Waals surface area contributed by atoms with E-state index in [-0.39, 0.29) is 11.9 Å². The van der Waals surface area contributed by atoms with E-state index in [4.69, 9.17) is 0 Å². The first-order chi connectivity index (χ1) is 9.20. The van der Waals surface area contributed by atoms with Gasteiger partial charge in [0.1, 0.15) is 5.82 Å². The molecule has 1 heterocycles. The van der Waals surface area contributed by atoms with Crippen LogP contribution in [0.5, 0.6) is 0 Å². The van der Waals surface area contributed by atoms with Crippen LogP contribution in [0.15, 0.2) is 22.7 Å². The first-order valence-electron chi connectivity index (χ1n) is 7.06. The zero-order chi connectivity index (χ0) is 13.4. The predicted octanol–water partition coefficient (Wildman–Crippen LogP) is 3.33. The lowest BCUT2D eigenvalue weighted by Gasteiger charge is -2.29. The molecule has 2 fully saturated rings. The number of hydrogen-bond acceptors (Lipinski definition) is 2. The standard InChI is InChI=1S/C15H20BrFN2/c1-18-9-10-6-7-19(12-3-4-12)15(10)13-8-11(16)2-5-14(13)17/h2,5,8,10,12,15,18H,3-4,6-7,9H2,1H3. The topological polar surface area (TPSA) is 15.3 Å². The Morgan fingerprint density at radius 2 is 2.16 bits per heavy atom. The van der Waals surface area contributed by atoms with Gasteiger partial charge in [0.25, 0.3) is 0 Å². The molecule has 0 spiro atoms. The second-order valence-electron chi connectivity index (χ2n) is 5.69. The van der Waals surface area contributed by atoms with Crippen LogP contribution in [-0.2, 0) is 0 Å². The fourth-order valence-corrected chi connectivity index (χ4v) is 3.73. The van der Waals surface area contributed by atoms with Gasteiger partial charge in [0.05, 0.1) is 0 Å². The van der Waals surface area contributed by atoms with Crippen molar-refractivity contribution in [2.45, 2.75) is 31.3 Å². The molecule has 2 unspecified atom stereocenters. The molecule has 104 valence electrons. The highest BCUT2D eigenvalue weighted by Crippen LogP contribution is 2.44. The summed E-state index contributed by atoms with van der Waals surface area (Å²) in [5, 5.41) is 3.26. The molecule has 1 aromatic rings. The lowest BCUT2D eigenvalue weighted by atomic mass is 9.93. The summed E-state index contributed by atoms with van der Waals surface area (Å²) in [6.45, 7) is 2.06. The third kappa shape index (κ3) is 2.71. The van der Waals surface area contributed by atoms with Crippen LogP contribution < -0.4 is 5.32 Å². The third-order valence-electron chi connectivity index (χ3n) is 4.32. The van der Waals surface area contributed by atoms with Crippen molar-refractivity contribution in [3.8, 4) is 0 Å². The number of benzene rings is 1. The zero-order valence-corrected chi connectivity index (χ0v) is 12.8. The van der Waals surface area contributed by atoms with E-state index in [1.807, 2.05) is 13.1 Å². The van der Waals surface area contributed by atoms with Gasteiger partial charge >= 0.3 is 0 Å². The van der Waals surface area contributed by atoms with E-state index >= 15 is 0 Å². The highest BCUT2D eigenvalue weighted by molar-refractivity contribution is 9.10. The summed E-state index contributed by atoms with van der Waals surface area (Å²) >= 11 is 3.47. The minimum absolute atomic E-state index is 0.0677. The molecule has 4 heteroatoms. The lowest BCUT2D eigenvalue weighted by molar-refractivity contribution is 0.212. The number of rotatable bonds is 4. The fraction of sp³-hybridized carbons (Fsp3) is 0.600. The van der Waals surface area contributed by atoms with Crippen LogP contribution in [0.4, 0.5) is 4.39 Å². The van der Waals surface area contributed by atoms with Crippen LogP contribution in [0.25, 0.3) is 0 Å². The highest BCUT2D eigenvalue weighted by atomic mass is 79.9. The molecule has 2 atom stereocenters. The van der Waals surface area contributed by atoms with E-state index in [1.165, 1.54) is 12.8 Å². The monoisotopic (exact) mass is 326 g/mol. The van der Waals surface area contributed by atoms with Crippen molar-refractivity contribution in [2.24, 2.45) is 5.92 Å². The van der Waals surface area contributed by atoms with Gasteiger partial charge in [0.2, 0.25) is 0 Å². The van der Waals surface area contributed by atoms with Crippen LogP contribution in [0.3, 0.4) is 0 Å². The molecule has 0 aromatic heterocycles. The average Bonchev–Trinajstić information content (AvgIpc) is 3.15.